The highest BCUT2D eigenvalue weighted by Crippen LogP contribution is 2.15. The van der Waals surface area contributed by atoms with Crippen molar-refractivity contribution in [1.29, 1.82) is 0 Å². The molecule has 310 valence electrons. The summed E-state index contributed by atoms with van der Waals surface area (Å²) in [4.78, 5) is 119. The third kappa shape index (κ3) is 19.2. The molecule has 0 aromatic heterocycles. The predicted molar refractivity (Wildman–Crippen MR) is 193 cm³/mol. The first-order valence-corrected chi connectivity index (χ1v) is 17.6. The number of hydrogen-bond acceptors (Lipinski definition) is 10. The zero-order valence-corrected chi connectivity index (χ0v) is 31.2. The fourth-order valence-corrected chi connectivity index (χ4v) is 4.97. The van der Waals surface area contributed by atoms with Crippen LogP contribution >= 0.6 is 0 Å². The van der Waals surface area contributed by atoms with Gasteiger partial charge in [0.1, 0.15) is 18.1 Å². The second kappa shape index (κ2) is 24.2. The number of ketones is 1. The first-order chi connectivity index (χ1) is 26.2. The molecule has 0 radical (unpaired) electrons. The van der Waals surface area contributed by atoms with Gasteiger partial charge in [0, 0.05) is 25.4 Å². The van der Waals surface area contributed by atoms with Crippen LogP contribution in [0.4, 0.5) is 9.59 Å². The van der Waals surface area contributed by atoms with E-state index in [2.05, 4.69) is 26.6 Å². The van der Waals surface area contributed by atoms with Crippen molar-refractivity contribution in [1.82, 2.24) is 31.9 Å². The van der Waals surface area contributed by atoms with Crippen LogP contribution in [0.15, 0.2) is 24.3 Å². The van der Waals surface area contributed by atoms with Crippen molar-refractivity contribution in [2.24, 2.45) is 11.8 Å². The highest BCUT2D eigenvalue weighted by atomic mass is 16.4. The molecule has 11 N–H and O–H groups in total. The van der Waals surface area contributed by atoms with Crippen LogP contribution in [0.3, 0.4) is 0 Å². The van der Waals surface area contributed by atoms with E-state index < -0.39 is 115 Å². The lowest BCUT2D eigenvalue weighted by atomic mass is 9.88. The third-order valence-electron chi connectivity index (χ3n) is 8.42. The third-order valence-corrected chi connectivity index (χ3v) is 8.42. The first kappa shape index (κ1) is 47.7. The second-order valence-electron chi connectivity index (χ2n) is 13.2. The lowest BCUT2D eigenvalue weighted by Gasteiger charge is -2.24. The van der Waals surface area contributed by atoms with E-state index in [9.17, 15) is 63.3 Å². The van der Waals surface area contributed by atoms with Crippen LogP contribution in [0.1, 0.15) is 76.8 Å². The summed E-state index contributed by atoms with van der Waals surface area (Å²) < 4.78 is 0. The van der Waals surface area contributed by atoms with E-state index in [1.807, 2.05) is 5.32 Å². The molecule has 0 fully saturated rings. The van der Waals surface area contributed by atoms with Crippen LogP contribution < -0.4 is 31.9 Å². The van der Waals surface area contributed by atoms with E-state index in [0.717, 1.165) is 0 Å². The number of Topliss-reactive ketones (excluding diaryl/α,β-unsaturated/α-hetero) is 1. The molecule has 0 aliphatic heterocycles. The molecule has 56 heavy (non-hydrogen) atoms. The molecular weight excluding hydrogens is 744 g/mol. The number of nitrogens with one attached hydrogen (secondary N) is 6. The van der Waals surface area contributed by atoms with E-state index in [0.29, 0.717) is 17.5 Å². The van der Waals surface area contributed by atoms with Crippen LogP contribution in [0, 0.1) is 11.8 Å². The van der Waals surface area contributed by atoms with Gasteiger partial charge in [0.15, 0.2) is 5.78 Å². The highest BCUT2D eigenvalue weighted by Gasteiger charge is 2.33. The minimum Gasteiger partial charge on any atom is -0.481 e. The van der Waals surface area contributed by atoms with Gasteiger partial charge in [-0.1, -0.05) is 45.0 Å². The number of rotatable bonds is 26. The van der Waals surface area contributed by atoms with E-state index in [1.165, 1.54) is 0 Å². The summed E-state index contributed by atoms with van der Waals surface area (Å²) in [6, 6.07) is -1.22. The van der Waals surface area contributed by atoms with Crippen LogP contribution in [-0.2, 0) is 51.3 Å². The van der Waals surface area contributed by atoms with Crippen LogP contribution in [0.2, 0.25) is 0 Å². The molecular formula is C35H50N6O15. The van der Waals surface area contributed by atoms with Crippen molar-refractivity contribution in [2.45, 2.75) is 103 Å². The van der Waals surface area contributed by atoms with Gasteiger partial charge >= 0.3 is 41.9 Å². The smallest absolute Gasteiger partial charge is 0.326 e. The Morgan fingerprint density at radius 1 is 0.571 bits per heavy atom. The molecule has 1 aromatic rings. The van der Waals surface area contributed by atoms with Gasteiger partial charge in [0.25, 0.3) is 0 Å². The number of carboxylic acids is 5. The number of amides is 6. The quantitative estimate of drug-likeness (QED) is 0.0552. The largest absolute Gasteiger partial charge is 0.481 e. The molecule has 0 bridgehead atoms. The predicted octanol–water partition coefficient (Wildman–Crippen LogP) is 0.0492. The molecule has 0 aliphatic carbocycles. The summed E-state index contributed by atoms with van der Waals surface area (Å²) in [5, 5.41) is 59.8. The number of benzene rings is 1. The van der Waals surface area contributed by atoms with Crippen molar-refractivity contribution in [3.8, 4) is 0 Å². The van der Waals surface area contributed by atoms with Gasteiger partial charge in [-0.3, -0.25) is 28.8 Å². The summed E-state index contributed by atoms with van der Waals surface area (Å²) in [6.45, 7) is 5.30. The molecule has 0 heterocycles. The number of carbonyl (C=O) groups is 10. The average molecular weight is 795 g/mol. The maximum atomic E-state index is 13.0. The van der Waals surface area contributed by atoms with Crippen molar-refractivity contribution in [3.05, 3.63) is 35.4 Å². The Bertz CT molecular complexity index is 1580. The van der Waals surface area contributed by atoms with Gasteiger partial charge in [-0.2, -0.15) is 0 Å². The molecule has 5 atom stereocenters. The van der Waals surface area contributed by atoms with Crippen molar-refractivity contribution < 1.29 is 73.5 Å². The number of carboxylic acid groups (broad SMARTS) is 5. The molecule has 21 nitrogen and oxygen atoms in total. The Balaban J connectivity index is 2.60. The number of aliphatic carboxylic acids is 5. The van der Waals surface area contributed by atoms with Crippen LogP contribution in [-0.4, -0.2) is 116 Å². The van der Waals surface area contributed by atoms with E-state index in [1.54, 1.807) is 45.0 Å². The van der Waals surface area contributed by atoms with Crippen LogP contribution in [0.5, 0.6) is 0 Å². The molecule has 0 saturated heterocycles. The lowest BCUT2D eigenvalue weighted by molar-refractivity contribution is -0.143. The van der Waals surface area contributed by atoms with Crippen molar-refractivity contribution in [3.63, 3.8) is 0 Å². The first-order valence-electron chi connectivity index (χ1n) is 17.6. The van der Waals surface area contributed by atoms with Crippen LogP contribution in [0.25, 0.3) is 0 Å². The van der Waals surface area contributed by atoms with Gasteiger partial charge in [-0.15, -0.1) is 0 Å². The molecule has 21 heteroatoms. The Morgan fingerprint density at radius 3 is 1.62 bits per heavy atom. The average Bonchev–Trinajstić information content (AvgIpc) is 3.10. The van der Waals surface area contributed by atoms with Gasteiger partial charge < -0.3 is 57.4 Å². The minimum atomic E-state index is -1.60. The number of hydrogen-bond donors (Lipinski definition) is 11. The Morgan fingerprint density at radius 2 is 1.11 bits per heavy atom. The molecule has 2 unspecified atom stereocenters. The number of unbranched alkanes of at least 4 members (excludes halogenated alkanes) is 1. The second-order valence-corrected chi connectivity index (χ2v) is 13.2. The standard InChI is InChI=1S/C35H50N6O15/c1-18(2)19(3)30(49)24(15-28(45)46)39-31(50)25(16-29(47)48)38-26(42)14-20-7-9-21(10-8-20)17-37-34(55)36-13-5-4-6-22(32(51)52)40-35(56)41-23(33(53)54)11-12-27(43)44/h7-10,18-19,22-25H,4-6,11-17H2,1-3H3,(H,38,42)(H,39,50)(H,43,44)(H,45,46)(H,47,48)(H,51,52)(H,53,54)(H2,36,37,55)(H2,40,41,56)/t19?,22?,23-,24-,25-/m0/s1. The summed E-state index contributed by atoms with van der Waals surface area (Å²) in [7, 11) is 0. The Hall–Kier alpha value is -6.28. The SMILES string of the molecule is CC(C)C(C)C(=O)[C@H](CC(=O)O)NC(=O)[C@H](CC(=O)O)NC(=O)Cc1ccc(CNC(=O)NCCCCC(NC(=O)N[C@@H](CCC(=O)O)C(=O)O)C(=O)O)cc1. The molecule has 1 rings (SSSR count). The normalized spacial score (nSPS) is 13.4. The van der Waals surface area contributed by atoms with Crippen molar-refractivity contribution in [2.75, 3.05) is 6.54 Å². The van der Waals surface area contributed by atoms with Gasteiger partial charge in [-0.25, -0.2) is 19.2 Å². The summed E-state index contributed by atoms with van der Waals surface area (Å²) in [5.74, 6) is -9.96. The number of carbonyl (C=O) groups excluding carboxylic acids is 5. The monoisotopic (exact) mass is 794 g/mol. The fraction of sp³-hybridized carbons (Fsp3) is 0.543. The maximum absolute atomic E-state index is 13.0. The molecule has 0 spiro atoms. The lowest BCUT2D eigenvalue weighted by Crippen LogP contribution is -2.54. The zero-order chi connectivity index (χ0) is 42.5. The molecule has 0 aliphatic rings. The fourth-order valence-electron chi connectivity index (χ4n) is 4.97. The minimum absolute atomic E-state index is 0.0528. The van der Waals surface area contributed by atoms with E-state index in [-0.39, 0.29) is 38.3 Å². The van der Waals surface area contributed by atoms with Crippen molar-refractivity contribution >= 4 is 59.5 Å². The van der Waals surface area contributed by atoms with E-state index >= 15 is 0 Å². The molecule has 0 saturated carbocycles. The summed E-state index contributed by atoms with van der Waals surface area (Å²) >= 11 is 0. The Kier molecular flexibility index (Phi) is 20.6. The topological polar surface area (TPSA) is 344 Å². The summed E-state index contributed by atoms with van der Waals surface area (Å²) in [5.41, 5.74) is 1.11. The number of urea groups is 2. The molecule has 1 aromatic carbocycles. The van der Waals surface area contributed by atoms with Gasteiger partial charge in [0.2, 0.25) is 11.8 Å². The van der Waals surface area contributed by atoms with Gasteiger partial charge in [-0.05, 0) is 42.7 Å². The molecule has 6 amide bonds. The summed E-state index contributed by atoms with van der Waals surface area (Å²) in [6.07, 6.45) is -2.23. The van der Waals surface area contributed by atoms with Gasteiger partial charge in [0.05, 0.1) is 25.3 Å². The van der Waals surface area contributed by atoms with E-state index in [4.69, 9.17) is 10.2 Å². The zero-order valence-electron chi connectivity index (χ0n) is 31.2. The maximum Gasteiger partial charge on any atom is 0.326 e. The Labute approximate surface area is 321 Å². The highest BCUT2D eigenvalue weighted by molar-refractivity contribution is 5.97.